The number of fused-ring (bicyclic) bond motifs is 1. The SMILES string of the molecule is COc1cc(C=Nn2c(C3CCCCC3)nc3ccccc3c2=O)ccc1O. The van der Waals surface area contributed by atoms with Crippen LogP contribution in [0, 0.1) is 0 Å². The molecular formula is C22H23N3O3. The topological polar surface area (TPSA) is 76.7 Å². The Morgan fingerprint density at radius 1 is 1.18 bits per heavy atom. The molecule has 4 rings (SSSR count). The van der Waals surface area contributed by atoms with Crippen LogP contribution in [0.2, 0.25) is 0 Å². The van der Waals surface area contributed by atoms with E-state index < -0.39 is 0 Å². The van der Waals surface area contributed by atoms with Gasteiger partial charge in [0.05, 0.1) is 24.2 Å². The molecule has 1 saturated carbocycles. The third kappa shape index (κ3) is 3.50. The summed E-state index contributed by atoms with van der Waals surface area (Å²) in [4.78, 5) is 17.9. The first kappa shape index (κ1) is 18.2. The van der Waals surface area contributed by atoms with Crippen molar-refractivity contribution < 1.29 is 9.84 Å². The van der Waals surface area contributed by atoms with Crippen LogP contribution < -0.4 is 10.3 Å². The fourth-order valence-corrected chi connectivity index (χ4v) is 3.78. The summed E-state index contributed by atoms with van der Waals surface area (Å²) in [6.07, 6.45) is 7.16. The standard InChI is InChI=1S/C22H23N3O3/c1-28-20-13-15(11-12-19(20)26)14-23-25-21(16-7-3-2-4-8-16)24-18-10-6-5-9-17(18)22(25)27/h5-6,9-14,16,26H,2-4,7-8H2,1H3. The lowest BCUT2D eigenvalue weighted by Gasteiger charge is -2.22. The van der Waals surface area contributed by atoms with Gasteiger partial charge in [-0.2, -0.15) is 9.78 Å². The smallest absolute Gasteiger partial charge is 0.282 e. The van der Waals surface area contributed by atoms with E-state index in [4.69, 9.17) is 9.72 Å². The number of ether oxygens (including phenoxy) is 1. The van der Waals surface area contributed by atoms with E-state index in [2.05, 4.69) is 5.10 Å². The van der Waals surface area contributed by atoms with Gasteiger partial charge >= 0.3 is 0 Å². The van der Waals surface area contributed by atoms with E-state index in [1.165, 1.54) is 18.2 Å². The van der Waals surface area contributed by atoms with Crippen LogP contribution in [0.5, 0.6) is 11.5 Å². The van der Waals surface area contributed by atoms with E-state index in [9.17, 15) is 9.90 Å². The zero-order valence-corrected chi connectivity index (χ0v) is 15.8. The number of rotatable bonds is 4. The second-order valence-electron chi connectivity index (χ2n) is 7.11. The number of hydrogen-bond acceptors (Lipinski definition) is 5. The minimum Gasteiger partial charge on any atom is -0.504 e. The highest BCUT2D eigenvalue weighted by molar-refractivity contribution is 5.81. The van der Waals surface area contributed by atoms with Gasteiger partial charge in [0.15, 0.2) is 11.5 Å². The van der Waals surface area contributed by atoms with Crippen molar-refractivity contribution in [1.29, 1.82) is 0 Å². The van der Waals surface area contributed by atoms with E-state index in [-0.39, 0.29) is 17.2 Å². The van der Waals surface area contributed by atoms with Crippen molar-refractivity contribution in [1.82, 2.24) is 9.66 Å². The summed E-state index contributed by atoms with van der Waals surface area (Å²) in [5.41, 5.74) is 1.28. The van der Waals surface area contributed by atoms with Gasteiger partial charge in [0.2, 0.25) is 0 Å². The number of benzene rings is 2. The van der Waals surface area contributed by atoms with Crippen molar-refractivity contribution in [3.05, 3.63) is 64.2 Å². The molecule has 0 unspecified atom stereocenters. The van der Waals surface area contributed by atoms with Gasteiger partial charge in [-0.1, -0.05) is 31.4 Å². The van der Waals surface area contributed by atoms with Crippen LogP contribution in [-0.2, 0) is 0 Å². The zero-order valence-electron chi connectivity index (χ0n) is 15.8. The van der Waals surface area contributed by atoms with Crippen LogP contribution in [0.4, 0.5) is 0 Å². The molecule has 0 saturated heterocycles. The molecule has 0 aliphatic heterocycles. The van der Waals surface area contributed by atoms with Crippen molar-refractivity contribution >= 4 is 17.1 Å². The molecule has 6 nitrogen and oxygen atoms in total. The summed E-state index contributed by atoms with van der Waals surface area (Å²) in [7, 11) is 1.49. The second kappa shape index (κ2) is 7.84. The Morgan fingerprint density at radius 3 is 2.75 bits per heavy atom. The van der Waals surface area contributed by atoms with Gasteiger partial charge in [-0.25, -0.2) is 4.98 Å². The molecule has 28 heavy (non-hydrogen) atoms. The summed E-state index contributed by atoms with van der Waals surface area (Å²) in [6, 6.07) is 12.3. The van der Waals surface area contributed by atoms with Gasteiger partial charge in [0.25, 0.3) is 5.56 Å². The number of phenols is 1. The third-order valence-electron chi connectivity index (χ3n) is 5.28. The van der Waals surface area contributed by atoms with Gasteiger partial charge in [-0.05, 0) is 48.7 Å². The monoisotopic (exact) mass is 377 g/mol. The normalized spacial score (nSPS) is 15.3. The number of para-hydroxylation sites is 1. The van der Waals surface area contributed by atoms with Crippen molar-refractivity contribution in [2.45, 2.75) is 38.0 Å². The largest absolute Gasteiger partial charge is 0.504 e. The fraction of sp³-hybridized carbons (Fsp3) is 0.318. The predicted octanol–water partition coefficient (Wildman–Crippen LogP) is 4.04. The highest BCUT2D eigenvalue weighted by Gasteiger charge is 2.22. The maximum absolute atomic E-state index is 13.1. The Hall–Kier alpha value is -3.15. The molecule has 2 aromatic carbocycles. The molecule has 1 aliphatic rings. The van der Waals surface area contributed by atoms with Crippen molar-refractivity contribution in [2.75, 3.05) is 7.11 Å². The lowest BCUT2D eigenvalue weighted by molar-refractivity contribution is 0.373. The number of hydrogen-bond donors (Lipinski definition) is 1. The van der Waals surface area contributed by atoms with Gasteiger partial charge in [0.1, 0.15) is 5.82 Å². The molecule has 1 aromatic heterocycles. The molecule has 1 heterocycles. The summed E-state index contributed by atoms with van der Waals surface area (Å²) >= 11 is 0. The molecule has 0 spiro atoms. The summed E-state index contributed by atoms with van der Waals surface area (Å²) in [5.74, 6) is 1.38. The Labute approximate surface area is 163 Å². The van der Waals surface area contributed by atoms with Crippen molar-refractivity contribution in [3.8, 4) is 11.5 Å². The molecule has 0 bridgehead atoms. The van der Waals surface area contributed by atoms with Crippen LogP contribution in [0.1, 0.15) is 49.4 Å². The van der Waals surface area contributed by atoms with Crippen LogP contribution in [-0.4, -0.2) is 28.1 Å². The molecule has 3 aromatic rings. The molecule has 1 N–H and O–H groups in total. The van der Waals surface area contributed by atoms with E-state index in [0.29, 0.717) is 16.7 Å². The average molecular weight is 377 g/mol. The third-order valence-corrected chi connectivity index (χ3v) is 5.28. The lowest BCUT2D eigenvalue weighted by Crippen LogP contribution is -2.25. The number of aromatic hydroxyl groups is 1. The maximum Gasteiger partial charge on any atom is 0.282 e. The van der Waals surface area contributed by atoms with E-state index >= 15 is 0 Å². The Balaban J connectivity index is 1.82. The van der Waals surface area contributed by atoms with E-state index in [1.54, 1.807) is 30.5 Å². The Kier molecular flexibility index (Phi) is 5.10. The van der Waals surface area contributed by atoms with Crippen LogP contribution in [0.25, 0.3) is 10.9 Å². The molecule has 6 heteroatoms. The molecule has 0 amide bonds. The van der Waals surface area contributed by atoms with Gasteiger partial charge in [-0.15, -0.1) is 0 Å². The molecule has 1 fully saturated rings. The number of nitrogens with zero attached hydrogens (tertiary/aromatic N) is 3. The minimum atomic E-state index is -0.159. The molecule has 144 valence electrons. The first-order valence-electron chi connectivity index (χ1n) is 9.60. The first-order valence-corrected chi connectivity index (χ1v) is 9.60. The summed E-state index contributed by atoms with van der Waals surface area (Å²) in [6.45, 7) is 0. The quantitative estimate of drug-likeness (QED) is 0.696. The Morgan fingerprint density at radius 2 is 1.96 bits per heavy atom. The molecule has 1 aliphatic carbocycles. The average Bonchev–Trinajstić information content (AvgIpc) is 2.74. The van der Waals surface area contributed by atoms with Gasteiger partial charge < -0.3 is 9.84 Å². The summed E-state index contributed by atoms with van der Waals surface area (Å²) in [5, 5.41) is 14.8. The molecule has 0 radical (unpaired) electrons. The van der Waals surface area contributed by atoms with Crippen LogP contribution in [0.3, 0.4) is 0 Å². The number of phenolic OH excluding ortho intramolecular Hbond substituents is 1. The highest BCUT2D eigenvalue weighted by Crippen LogP contribution is 2.32. The first-order chi connectivity index (χ1) is 13.7. The second-order valence-corrected chi connectivity index (χ2v) is 7.11. The van der Waals surface area contributed by atoms with E-state index in [0.717, 1.165) is 37.1 Å². The Bertz CT molecular complexity index is 1080. The van der Waals surface area contributed by atoms with Gasteiger partial charge in [0, 0.05) is 5.92 Å². The summed E-state index contributed by atoms with van der Waals surface area (Å²) < 4.78 is 6.59. The maximum atomic E-state index is 13.1. The van der Waals surface area contributed by atoms with Crippen LogP contribution >= 0.6 is 0 Å². The molecular weight excluding hydrogens is 354 g/mol. The highest BCUT2D eigenvalue weighted by atomic mass is 16.5. The predicted molar refractivity (Wildman–Crippen MR) is 109 cm³/mol. The molecule has 0 atom stereocenters. The minimum absolute atomic E-state index is 0.0621. The lowest BCUT2D eigenvalue weighted by atomic mass is 9.88. The number of methoxy groups -OCH3 is 1. The van der Waals surface area contributed by atoms with Crippen molar-refractivity contribution in [2.24, 2.45) is 5.10 Å². The fourth-order valence-electron chi connectivity index (χ4n) is 3.78. The van der Waals surface area contributed by atoms with Crippen LogP contribution in [0.15, 0.2) is 52.4 Å². The van der Waals surface area contributed by atoms with Gasteiger partial charge in [-0.3, -0.25) is 4.79 Å². The zero-order chi connectivity index (χ0) is 19.5. The van der Waals surface area contributed by atoms with E-state index in [1.807, 2.05) is 18.2 Å². The number of aromatic nitrogens is 2. The van der Waals surface area contributed by atoms with Crippen molar-refractivity contribution in [3.63, 3.8) is 0 Å².